The number of aromatic carboxylic acids is 1. The van der Waals surface area contributed by atoms with E-state index in [1.54, 1.807) is 0 Å². The highest BCUT2D eigenvalue weighted by atomic mass is 32.1. The number of thiazole rings is 1. The third-order valence-corrected chi connectivity index (χ3v) is 4.29. The molecular formula is C13H21NO3S. The second kappa shape index (κ2) is 5.80. The summed E-state index contributed by atoms with van der Waals surface area (Å²) in [5, 5.41) is 9.98. The maximum Gasteiger partial charge on any atom is 0.347 e. The van der Waals surface area contributed by atoms with Gasteiger partial charge in [0.05, 0.1) is 5.69 Å². The number of rotatable bonds is 6. The molecule has 102 valence electrons. The summed E-state index contributed by atoms with van der Waals surface area (Å²) < 4.78 is 5.75. The topological polar surface area (TPSA) is 59.4 Å². The summed E-state index contributed by atoms with van der Waals surface area (Å²) in [6, 6.07) is 0. The largest absolute Gasteiger partial charge is 0.477 e. The number of aromatic nitrogens is 1. The quantitative estimate of drug-likeness (QED) is 0.858. The van der Waals surface area contributed by atoms with Crippen molar-refractivity contribution in [3.8, 4) is 0 Å². The fraction of sp³-hybridized carbons (Fsp3) is 0.692. The van der Waals surface area contributed by atoms with Crippen LogP contribution in [0.1, 0.15) is 67.3 Å². The van der Waals surface area contributed by atoms with E-state index in [0.717, 1.165) is 11.4 Å². The summed E-state index contributed by atoms with van der Waals surface area (Å²) in [5.41, 5.74) is 0.165. The first-order valence-electron chi connectivity index (χ1n) is 6.24. The van der Waals surface area contributed by atoms with E-state index < -0.39 is 11.6 Å². The number of hydrogen-bond donors (Lipinski definition) is 1. The smallest absolute Gasteiger partial charge is 0.347 e. The van der Waals surface area contributed by atoms with Crippen LogP contribution in [0.4, 0.5) is 0 Å². The molecule has 0 bridgehead atoms. The molecule has 18 heavy (non-hydrogen) atoms. The molecule has 0 fully saturated rings. The van der Waals surface area contributed by atoms with E-state index in [4.69, 9.17) is 4.74 Å². The zero-order valence-corrected chi connectivity index (χ0v) is 12.4. The summed E-state index contributed by atoms with van der Waals surface area (Å²) in [5.74, 6) is -0.804. The first kappa shape index (κ1) is 15.1. The maximum atomic E-state index is 11.2. The second-order valence-electron chi connectivity index (χ2n) is 4.71. The van der Waals surface area contributed by atoms with Crippen LogP contribution >= 0.6 is 11.3 Å². The van der Waals surface area contributed by atoms with Gasteiger partial charge in [0.2, 0.25) is 0 Å². The normalized spacial score (nSPS) is 14.8. The van der Waals surface area contributed by atoms with Crippen LogP contribution in [0.5, 0.6) is 0 Å². The van der Waals surface area contributed by atoms with E-state index in [0.29, 0.717) is 17.2 Å². The molecule has 1 N–H and O–H groups in total. The monoisotopic (exact) mass is 271 g/mol. The molecule has 1 rings (SSSR count). The first-order chi connectivity index (χ1) is 8.35. The van der Waals surface area contributed by atoms with Gasteiger partial charge >= 0.3 is 5.97 Å². The van der Waals surface area contributed by atoms with Crippen molar-refractivity contribution in [1.82, 2.24) is 4.98 Å². The molecule has 1 atom stereocenters. The van der Waals surface area contributed by atoms with Gasteiger partial charge in [0.15, 0.2) is 0 Å². The highest BCUT2D eigenvalue weighted by Crippen LogP contribution is 2.35. The van der Waals surface area contributed by atoms with Crippen molar-refractivity contribution in [2.75, 3.05) is 6.61 Å². The lowest BCUT2D eigenvalue weighted by Crippen LogP contribution is -2.24. The van der Waals surface area contributed by atoms with Gasteiger partial charge in [0, 0.05) is 6.61 Å². The van der Waals surface area contributed by atoms with E-state index in [1.165, 1.54) is 11.3 Å². The number of carbonyl (C=O) groups is 1. The SMILES string of the molecule is CCOC(C)(CC)c1nc(C(C)C)c(C(=O)O)s1. The van der Waals surface area contributed by atoms with Crippen LogP contribution in [0.3, 0.4) is 0 Å². The van der Waals surface area contributed by atoms with Crippen LogP contribution in [-0.4, -0.2) is 22.7 Å². The van der Waals surface area contributed by atoms with Crippen LogP contribution in [-0.2, 0) is 10.3 Å². The van der Waals surface area contributed by atoms with Gasteiger partial charge in [0.1, 0.15) is 15.5 Å². The molecule has 0 spiro atoms. The molecular weight excluding hydrogens is 250 g/mol. The highest BCUT2D eigenvalue weighted by molar-refractivity contribution is 7.13. The van der Waals surface area contributed by atoms with E-state index in [9.17, 15) is 9.90 Å². The first-order valence-corrected chi connectivity index (χ1v) is 7.05. The molecule has 0 saturated heterocycles. The summed E-state index contributed by atoms with van der Waals surface area (Å²) in [6.07, 6.45) is 0.769. The predicted octanol–water partition coefficient (Wildman–Crippen LogP) is 3.63. The molecule has 0 amide bonds. The second-order valence-corrected chi connectivity index (χ2v) is 5.71. The van der Waals surface area contributed by atoms with Gasteiger partial charge in [-0.15, -0.1) is 11.3 Å². The number of ether oxygens (including phenoxy) is 1. The Morgan fingerprint density at radius 3 is 2.44 bits per heavy atom. The molecule has 0 aliphatic carbocycles. The maximum absolute atomic E-state index is 11.2. The number of carboxylic acid groups (broad SMARTS) is 1. The van der Waals surface area contributed by atoms with E-state index in [-0.39, 0.29) is 5.92 Å². The van der Waals surface area contributed by atoms with Crippen LogP contribution in [0.15, 0.2) is 0 Å². The molecule has 1 aromatic heterocycles. The van der Waals surface area contributed by atoms with Crippen molar-refractivity contribution >= 4 is 17.3 Å². The zero-order chi connectivity index (χ0) is 13.9. The van der Waals surface area contributed by atoms with E-state index in [1.807, 2.05) is 34.6 Å². The van der Waals surface area contributed by atoms with Crippen molar-refractivity contribution in [3.63, 3.8) is 0 Å². The number of hydrogen-bond acceptors (Lipinski definition) is 4. The average molecular weight is 271 g/mol. The molecule has 0 radical (unpaired) electrons. The summed E-state index contributed by atoms with van der Waals surface area (Å²) in [7, 11) is 0. The van der Waals surface area contributed by atoms with E-state index in [2.05, 4.69) is 4.98 Å². The fourth-order valence-corrected chi connectivity index (χ4v) is 2.97. The van der Waals surface area contributed by atoms with Crippen LogP contribution in [0.2, 0.25) is 0 Å². The average Bonchev–Trinajstić information content (AvgIpc) is 2.74. The Morgan fingerprint density at radius 2 is 2.11 bits per heavy atom. The van der Waals surface area contributed by atoms with Gasteiger partial charge in [-0.2, -0.15) is 0 Å². The lowest BCUT2D eigenvalue weighted by Gasteiger charge is -2.25. The van der Waals surface area contributed by atoms with Gasteiger partial charge in [-0.1, -0.05) is 20.8 Å². The third-order valence-electron chi connectivity index (χ3n) is 2.98. The van der Waals surface area contributed by atoms with Crippen LogP contribution < -0.4 is 0 Å². The molecule has 4 nitrogen and oxygen atoms in total. The van der Waals surface area contributed by atoms with Crippen molar-refractivity contribution in [2.24, 2.45) is 0 Å². The number of carboxylic acids is 1. The fourth-order valence-electron chi connectivity index (χ4n) is 1.74. The van der Waals surface area contributed by atoms with Crippen LogP contribution in [0, 0.1) is 0 Å². The Bertz CT molecular complexity index is 428. The molecule has 5 heteroatoms. The molecule has 1 heterocycles. The summed E-state index contributed by atoms with van der Waals surface area (Å²) in [6.45, 7) is 10.4. The summed E-state index contributed by atoms with van der Waals surface area (Å²) >= 11 is 1.23. The Labute approximate surface area is 112 Å². The molecule has 0 aliphatic rings. The minimum Gasteiger partial charge on any atom is -0.477 e. The van der Waals surface area contributed by atoms with Gasteiger partial charge in [-0.05, 0) is 26.2 Å². The third kappa shape index (κ3) is 2.90. The molecule has 0 aliphatic heterocycles. The van der Waals surface area contributed by atoms with Crippen LogP contribution in [0.25, 0.3) is 0 Å². The van der Waals surface area contributed by atoms with Crippen molar-refractivity contribution in [2.45, 2.75) is 52.6 Å². The highest BCUT2D eigenvalue weighted by Gasteiger charge is 2.32. The Kier molecular flexibility index (Phi) is 4.87. The minimum absolute atomic E-state index is 0.101. The zero-order valence-electron chi connectivity index (χ0n) is 11.6. The van der Waals surface area contributed by atoms with Crippen molar-refractivity contribution < 1.29 is 14.6 Å². The van der Waals surface area contributed by atoms with E-state index >= 15 is 0 Å². The van der Waals surface area contributed by atoms with Gasteiger partial charge < -0.3 is 9.84 Å². The standard InChI is InChI=1S/C13H21NO3S/c1-6-13(5,17-7-2)12-14-9(8(3)4)10(18-12)11(15)16/h8H,6-7H2,1-5H3,(H,15,16). The molecule has 0 aromatic carbocycles. The number of nitrogens with zero attached hydrogens (tertiary/aromatic N) is 1. The summed E-state index contributed by atoms with van der Waals surface area (Å²) in [4.78, 5) is 16.1. The van der Waals surface area contributed by atoms with Gasteiger partial charge in [-0.25, -0.2) is 9.78 Å². The Hall–Kier alpha value is -0.940. The van der Waals surface area contributed by atoms with Gasteiger partial charge in [0.25, 0.3) is 0 Å². The lowest BCUT2D eigenvalue weighted by molar-refractivity contribution is -0.0325. The molecule has 1 unspecified atom stereocenters. The van der Waals surface area contributed by atoms with Gasteiger partial charge in [-0.3, -0.25) is 0 Å². The Balaban J connectivity index is 3.26. The predicted molar refractivity (Wildman–Crippen MR) is 72.4 cm³/mol. The van der Waals surface area contributed by atoms with Crippen molar-refractivity contribution in [3.05, 3.63) is 15.6 Å². The minimum atomic E-state index is -0.905. The lowest BCUT2D eigenvalue weighted by atomic mass is 10.0. The molecule has 1 aromatic rings. The molecule has 0 saturated carbocycles. The Morgan fingerprint density at radius 1 is 1.50 bits per heavy atom. The van der Waals surface area contributed by atoms with Crippen molar-refractivity contribution in [1.29, 1.82) is 0 Å².